The largest absolute Gasteiger partial charge is 0.454 e. The molecule has 0 saturated carbocycles. The molecule has 1 amide bonds. The number of aryl methyl sites for hydroxylation is 1. The number of fused-ring (bicyclic) bond motifs is 6. The van der Waals surface area contributed by atoms with E-state index in [2.05, 4.69) is 11.4 Å². The summed E-state index contributed by atoms with van der Waals surface area (Å²) < 4.78 is 11.1. The van der Waals surface area contributed by atoms with Crippen molar-refractivity contribution in [3.8, 4) is 17.6 Å². The molecule has 4 aliphatic rings. The molecule has 30 heavy (non-hydrogen) atoms. The van der Waals surface area contributed by atoms with Gasteiger partial charge in [0.1, 0.15) is 17.3 Å². The van der Waals surface area contributed by atoms with E-state index in [-0.39, 0.29) is 18.3 Å². The van der Waals surface area contributed by atoms with E-state index in [0.29, 0.717) is 18.1 Å². The number of nitrogens with zero attached hydrogens (tertiary/aromatic N) is 2. The summed E-state index contributed by atoms with van der Waals surface area (Å²) in [7, 11) is 0. The fourth-order valence-corrected chi connectivity index (χ4v) is 4.98. The second kappa shape index (κ2) is 5.57. The molecular formula is C23H18N4O3. The van der Waals surface area contributed by atoms with E-state index in [1.807, 2.05) is 48.2 Å². The standard InChI is InChI=1S/C23H18N4O3/c1-12-3-2-4-15-20(12)26-22(28)23(15)9-17-14-8-19-18(29-11-30-19)7-13(14)5-6-27(17)21(25)16(23)10-24/h2-4,7-9H,5-6,11,25H2,1H3,(H,26,28)/t23-/m0/s1. The van der Waals surface area contributed by atoms with Crippen molar-refractivity contribution in [1.29, 1.82) is 5.26 Å². The van der Waals surface area contributed by atoms with Crippen LogP contribution in [0.2, 0.25) is 0 Å². The minimum atomic E-state index is -1.25. The average molecular weight is 398 g/mol. The van der Waals surface area contributed by atoms with Gasteiger partial charge in [-0.3, -0.25) is 4.79 Å². The Labute approximate surface area is 173 Å². The molecule has 7 nitrogen and oxygen atoms in total. The van der Waals surface area contributed by atoms with Gasteiger partial charge in [-0.1, -0.05) is 18.2 Å². The van der Waals surface area contributed by atoms with Crippen molar-refractivity contribution in [1.82, 2.24) is 4.90 Å². The number of amides is 1. The lowest BCUT2D eigenvalue weighted by molar-refractivity contribution is -0.118. The summed E-state index contributed by atoms with van der Waals surface area (Å²) in [5.41, 5.74) is 10.9. The number of ether oxygens (including phenoxy) is 2. The molecule has 148 valence electrons. The molecular weight excluding hydrogens is 380 g/mol. The van der Waals surface area contributed by atoms with Crippen LogP contribution in [0, 0.1) is 18.3 Å². The monoisotopic (exact) mass is 398 g/mol. The van der Waals surface area contributed by atoms with Gasteiger partial charge >= 0.3 is 0 Å². The van der Waals surface area contributed by atoms with E-state index >= 15 is 0 Å². The number of nitriles is 1. The molecule has 0 aromatic heterocycles. The highest BCUT2D eigenvalue weighted by molar-refractivity contribution is 6.13. The van der Waals surface area contributed by atoms with Crippen molar-refractivity contribution in [2.24, 2.45) is 5.73 Å². The first-order valence-corrected chi connectivity index (χ1v) is 9.80. The number of carbonyl (C=O) groups is 1. The molecule has 0 saturated heterocycles. The molecule has 4 aliphatic heterocycles. The molecule has 6 rings (SSSR count). The van der Waals surface area contributed by atoms with Crippen molar-refractivity contribution < 1.29 is 14.3 Å². The average Bonchev–Trinajstić information content (AvgIpc) is 3.30. The van der Waals surface area contributed by atoms with Crippen LogP contribution in [0.1, 0.15) is 22.3 Å². The Morgan fingerprint density at radius 3 is 2.87 bits per heavy atom. The van der Waals surface area contributed by atoms with Gasteiger partial charge in [-0.2, -0.15) is 5.26 Å². The number of hydrogen-bond donors (Lipinski definition) is 2. The first-order valence-electron chi connectivity index (χ1n) is 9.80. The zero-order chi connectivity index (χ0) is 20.6. The van der Waals surface area contributed by atoms with Crippen LogP contribution in [0.15, 0.2) is 47.8 Å². The predicted molar refractivity (Wildman–Crippen MR) is 109 cm³/mol. The maximum absolute atomic E-state index is 13.4. The van der Waals surface area contributed by atoms with Crippen molar-refractivity contribution in [3.05, 3.63) is 70.1 Å². The smallest absolute Gasteiger partial charge is 0.244 e. The first kappa shape index (κ1) is 17.0. The van der Waals surface area contributed by atoms with Crippen LogP contribution in [0.5, 0.6) is 11.5 Å². The highest BCUT2D eigenvalue weighted by atomic mass is 16.7. The number of rotatable bonds is 0. The number of para-hydroxylation sites is 1. The predicted octanol–water partition coefficient (Wildman–Crippen LogP) is 2.52. The molecule has 3 N–H and O–H groups in total. The summed E-state index contributed by atoms with van der Waals surface area (Å²) in [6.07, 6.45) is 2.64. The lowest BCUT2D eigenvalue weighted by Crippen LogP contribution is -2.45. The number of nitrogens with two attached hydrogens (primary N) is 1. The minimum Gasteiger partial charge on any atom is -0.454 e. The second-order valence-corrected chi connectivity index (χ2v) is 7.93. The number of carbonyl (C=O) groups excluding carboxylic acids is 1. The SMILES string of the molecule is Cc1cccc2c1NC(=O)[C@@]21C=C2c3cc4c(cc3CCN2C(N)=C1C#N)OCO4. The van der Waals surface area contributed by atoms with Crippen LogP contribution in [0.4, 0.5) is 5.69 Å². The summed E-state index contributed by atoms with van der Waals surface area (Å²) in [5.74, 6) is 1.47. The molecule has 0 unspecified atom stereocenters. The highest BCUT2D eigenvalue weighted by Crippen LogP contribution is 2.52. The zero-order valence-electron chi connectivity index (χ0n) is 16.3. The van der Waals surface area contributed by atoms with Crippen LogP contribution in [0.3, 0.4) is 0 Å². The summed E-state index contributed by atoms with van der Waals surface area (Å²) >= 11 is 0. The molecule has 0 bridgehead atoms. The van der Waals surface area contributed by atoms with Crippen LogP contribution in [0.25, 0.3) is 5.70 Å². The lowest BCUT2D eigenvalue weighted by atomic mass is 9.71. The Kier molecular flexibility index (Phi) is 3.16. The van der Waals surface area contributed by atoms with Gasteiger partial charge in [0.05, 0.1) is 5.57 Å². The molecule has 4 heterocycles. The zero-order valence-corrected chi connectivity index (χ0v) is 16.3. The molecule has 2 aromatic rings. The summed E-state index contributed by atoms with van der Waals surface area (Å²) in [5, 5.41) is 13.0. The number of nitrogens with one attached hydrogen (secondary N) is 1. The van der Waals surface area contributed by atoms with E-state index in [9.17, 15) is 10.1 Å². The van der Waals surface area contributed by atoms with Gasteiger partial charge in [0.25, 0.3) is 0 Å². The van der Waals surface area contributed by atoms with Crippen molar-refractivity contribution >= 4 is 17.3 Å². The minimum absolute atomic E-state index is 0.195. The van der Waals surface area contributed by atoms with E-state index < -0.39 is 5.41 Å². The van der Waals surface area contributed by atoms with E-state index in [1.165, 1.54) is 0 Å². The van der Waals surface area contributed by atoms with Gasteiger partial charge in [-0.25, -0.2) is 0 Å². The molecule has 0 fully saturated rings. The Morgan fingerprint density at radius 1 is 1.27 bits per heavy atom. The third-order valence-electron chi connectivity index (χ3n) is 6.47. The van der Waals surface area contributed by atoms with Crippen molar-refractivity contribution in [2.45, 2.75) is 18.8 Å². The third-order valence-corrected chi connectivity index (χ3v) is 6.47. The van der Waals surface area contributed by atoms with Crippen LogP contribution in [-0.4, -0.2) is 24.1 Å². The van der Waals surface area contributed by atoms with Gasteiger partial charge in [0, 0.05) is 29.1 Å². The fraction of sp³-hybridized carbons (Fsp3) is 0.217. The number of benzene rings is 2. The van der Waals surface area contributed by atoms with Gasteiger partial charge in [-0.05, 0) is 42.7 Å². The molecule has 7 heteroatoms. The normalized spacial score (nSPS) is 22.9. The Bertz CT molecular complexity index is 1270. The molecule has 0 aliphatic carbocycles. The molecule has 1 atom stereocenters. The van der Waals surface area contributed by atoms with E-state index in [4.69, 9.17) is 15.2 Å². The second-order valence-electron chi connectivity index (χ2n) is 7.93. The van der Waals surface area contributed by atoms with Crippen LogP contribution >= 0.6 is 0 Å². The van der Waals surface area contributed by atoms with Gasteiger partial charge < -0.3 is 25.4 Å². The number of anilines is 1. The Hall–Kier alpha value is -3.92. The van der Waals surface area contributed by atoms with Gasteiger partial charge in [-0.15, -0.1) is 0 Å². The number of hydrogen-bond acceptors (Lipinski definition) is 6. The molecule has 2 aromatic carbocycles. The van der Waals surface area contributed by atoms with Crippen molar-refractivity contribution in [2.75, 3.05) is 18.7 Å². The van der Waals surface area contributed by atoms with Crippen LogP contribution in [-0.2, 0) is 16.6 Å². The molecule has 1 spiro atoms. The maximum Gasteiger partial charge on any atom is 0.244 e. The third kappa shape index (κ3) is 1.90. The Balaban J connectivity index is 1.65. The topological polar surface area (TPSA) is 101 Å². The summed E-state index contributed by atoms with van der Waals surface area (Å²) in [4.78, 5) is 15.3. The van der Waals surface area contributed by atoms with Crippen LogP contribution < -0.4 is 20.5 Å². The Morgan fingerprint density at radius 2 is 2.07 bits per heavy atom. The quantitative estimate of drug-likeness (QED) is 0.707. The van der Waals surface area contributed by atoms with Gasteiger partial charge in [0.15, 0.2) is 11.5 Å². The summed E-state index contributed by atoms with van der Waals surface area (Å²) in [6, 6.07) is 11.9. The first-order chi connectivity index (χ1) is 14.5. The van der Waals surface area contributed by atoms with E-state index in [1.54, 1.807) is 0 Å². The highest BCUT2D eigenvalue weighted by Gasteiger charge is 2.53. The lowest BCUT2D eigenvalue weighted by Gasteiger charge is -2.41. The van der Waals surface area contributed by atoms with Crippen molar-refractivity contribution in [3.63, 3.8) is 0 Å². The van der Waals surface area contributed by atoms with E-state index in [0.717, 1.165) is 45.8 Å². The maximum atomic E-state index is 13.4. The summed E-state index contributed by atoms with van der Waals surface area (Å²) in [6.45, 7) is 2.75. The fourth-order valence-electron chi connectivity index (χ4n) is 4.98. The molecule has 0 radical (unpaired) electrons. The van der Waals surface area contributed by atoms with Gasteiger partial charge in [0.2, 0.25) is 12.7 Å².